The van der Waals surface area contributed by atoms with E-state index >= 15 is 0 Å². The summed E-state index contributed by atoms with van der Waals surface area (Å²) in [6.07, 6.45) is 10.4. The first-order valence-electron chi connectivity index (χ1n) is 11.9. The second-order valence-corrected chi connectivity index (χ2v) is 11.2. The molecule has 1 aromatic heterocycles. The molecule has 8 heteroatoms. The second-order valence-electron chi connectivity index (χ2n) is 9.22. The summed E-state index contributed by atoms with van der Waals surface area (Å²) in [5, 5.41) is 15.5. The Morgan fingerprint density at radius 3 is 1.55 bits per heavy atom. The van der Waals surface area contributed by atoms with Crippen molar-refractivity contribution in [2.75, 3.05) is 13.1 Å². The van der Waals surface area contributed by atoms with Gasteiger partial charge in [0.15, 0.2) is 0 Å². The number of fused-ring (bicyclic) bond motifs is 4. The van der Waals surface area contributed by atoms with Gasteiger partial charge in [0.1, 0.15) is 0 Å². The molecule has 5 nitrogen and oxygen atoms in total. The van der Waals surface area contributed by atoms with E-state index in [-0.39, 0.29) is 25.2 Å². The second kappa shape index (κ2) is 13.7. The Morgan fingerprint density at radius 2 is 1.13 bits per heavy atom. The van der Waals surface area contributed by atoms with Gasteiger partial charge in [-0.3, -0.25) is 4.98 Å². The summed E-state index contributed by atoms with van der Waals surface area (Å²) in [4.78, 5) is 5.06. The first kappa shape index (κ1) is 25.7. The SMILES string of the molecule is C[C@@H]1NC2CCCC[C@H]2NCCN[C@@H]2CCCCC2N[C@@H](C)c2cccc1n2.[Cl][Mn][Cl]. The number of hydrogen-bond donors (Lipinski definition) is 4. The normalized spacial score (nSPS) is 34.7. The third kappa shape index (κ3) is 7.82. The van der Waals surface area contributed by atoms with Gasteiger partial charge in [-0.2, -0.15) is 0 Å². The Hall–Kier alpha value is 0.0895. The van der Waals surface area contributed by atoms with E-state index in [0.29, 0.717) is 24.2 Å². The summed E-state index contributed by atoms with van der Waals surface area (Å²) in [5.74, 6) is 0. The van der Waals surface area contributed by atoms with Gasteiger partial charge in [0.25, 0.3) is 0 Å². The number of nitrogens with one attached hydrogen (secondary N) is 4. The van der Waals surface area contributed by atoms with E-state index in [2.05, 4.69) is 53.3 Å². The summed E-state index contributed by atoms with van der Waals surface area (Å²) < 4.78 is 0. The van der Waals surface area contributed by atoms with Gasteiger partial charge in [0.2, 0.25) is 0 Å². The molecule has 2 fully saturated rings. The quantitative estimate of drug-likeness (QED) is 0.385. The first-order valence-corrected chi connectivity index (χ1v) is 15.2. The van der Waals surface area contributed by atoms with Crippen LogP contribution in [0.25, 0.3) is 0 Å². The zero-order valence-electron chi connectivity index (χ0n) is 18.8. The van der Waals surface area contributed by atoms with Crippen LogP contribution in [0.2, 0.25) is 0 Å². The van der Waals surface area contributed by atoms with Crippen molar-refractivity contribution >= 4 is 20.2 Å². The van der Waals surface area contributed by atoms with Crippen LogP contribution in [-0.4, -0.2) is 42.2 Å². The van der Waals surface area contributed by atoms with Crippen molar-refractivity contribution in [3.05, 3.63) is 29.6 Å². The van der Waals surface area contributed by atoms with Crippen LogP contribution in [0.15, 0.2) is 18.2 Å². The summed E-state index contributed by atoms with van der Waals surface area (Å²) in [6.45, 7) is 6.66. The third-order valence-electron chi connectivity index (χ3n) is 7.08. The predicted octanol–water partition coefficient (Wildman–Crippen LogP) is 4.57. The predicted molar refractivity (Wildman–Crippen MR) is 127 cm³/mol. The van der Waals surface area contributed by atoms with Crippen LogP contribution in [0, 0.1) is 0 Å². The molecule has 0 spiro atoms. The molecule has 0 radical (unpaired) electrons. The standard InChI is InChI=1S/C23H39N5.2ClH.Mn/c1-16-18-12-7-13-19(28-18)17(2)27-23-11-6-4-9-21(23)25-15-14-24-20-8-3-5-10-22(20)26-16;;;/h7,12-13,16-17,20-27H,3-6,8-11,14-15H2,1-2H3;2*1H;/q;;;+2/p-2/t16-,17-,20+,21+,22?,23?;;;/m0.../s1. The maximum atomic E-state index is 5.06. The minimum absolute atomic E-state index is 0.00694. The molecule has 31 heavy (non-hydrogen) atoms. The van der Waals surface area contributed by atoms with E-state index in [0.717, 1.165) is 13.1 Å². The van der Waals surface area contributed by atoms with Crippen molar-refractivity contribution in [1.82, 2.24) is 26.3 Å². The summed E-state index contributed by atoms with van der Waals surface area (Å²) in [7, 11) is 9.59. The molecule has 2 unspecified atom stereocenters. The minimum atomic E-state index is 0.00694. The molecular formula is C23H39Cl2MnN5. The molecule has 4 rings (SSSR count). The van der Waals surface area contributed by atoms with Crippen molar-refractivity contribution in [3.8, 4) is 0 Å². The Balaban J connectivity index is 0.000000858. The van der Waals surface area contributed by atoms with E-state index in [1.165, 1.54) is 62.8 Å². The van der Waals surface area contributed by atoms with E-state index in [1.807, 2.05) is 0 Å². The molecule has 2 saturated carbocycles. The number of rotatable bonds is 0. The van der Waals surface area contributed by atoms with Crippen LogP contribution < -0.4 is 21.3 Å². The molecular weight excluding hydrogens is 472 g/mol. The molecule has 177 valence electrons. The fourth-order valence-corrected chi connectivity index (χ4v) is 5.43. The summed E-state index contributed by atoms with van der Waals surface area (Å²) in [5.41, 5.74) is 2.34. The Morgan fingerprint density at radius 1 is 0.742 bits per heavy atom. The van der Waals surface area contributed by atoms with Crippen molar-refractivity contribution in [2.24, 2.45) is 0 Å². The van der Waals surface area contributed by atoms with Gasteiger partial charge in [-0.25, -0.2) is 0 Å². The van der Waals surface area contributed by atoms with E-state index in [9.17, 15) is 0 Å². The van der Waals surface area contributed by atoms with Crippen molar-refractivity contribution in [2.45, 2.75) is 101 Å². The molecule has 3 aliphatic rings. The van der Waals surface area contributed by atoms with Crippen LogP contribution in [0.3, 0.4) is 0 Å². The molecule has 0 aromatic carbocycles. The average Bonchev–Trinajstić information content (AvgIpc) is 2.79. The van der Waals surface area contributed by atoms with Crippen molar-refractivity contribution in [1.29, 1.82) is 0 Å². The van der Waals surface area contributed by atoms with Crippen LogP contribution in [0.1, 0.15) is 88.7 Å². The molecule has 2 aliphatic carbocycles. The van der Waals surface area contributed by atoms with Crippen LogP contribution in [0.5, 0.6) is 0 Å². The molecule has 6 atom stereocenters. The molecule has 0 saturated heterocycles. The first-order chi connectivity index (χ1) is 15.1. The maximum absolute atomic E-state index is 5.06. The Kier molecular flexibility index (Phi) is 11.4. The van der Waals surface area contributed by atoms with Gasteiger partial charge in [-0.15, -0.1) is 0 Å². The molecule has 1 aliphatic heterocycles. The van der Waals surface area contributed by atoms with Crippen LogP contribution in [-0.2, 0) is 13.1 Å². The molecule has 2 heterocycles. The summed E-state index contributed by atoms with van der Waals surface area (Å²) in [6, 6.07) is 9.34. The molecule has 4 N–H and O–H groups in total. The van der Waals surface area contributed by atoms with Crippen molar-refractivity contribution < 1.29 is 13.1 Å². The molecule has 0 amide bonds. The van der Waals surface area contributed by atoms with Gasteiger partial charge in [0, 0.05) is 49.3 Å². The zero-order valence-corrected chi connectivity index (χ0v) is 21.5. The van der Waals surface area contributed by atoms with Crippen LogP contribution >= 0.6 is 20.2 Å². The number of aromatic nitrogens is 1. The van der Waals surface area contributed by atoms with Gasteiger partial charge in [0.05, 0.1) is 11.4 Å². The fourth-order valence-electron chi connectivity index (χ4n) is 5.43. The monoisotopic (exact) mass is 510 g/mol. The molecule has 1 aromatic rings. The summed E-state index contributed by atoms with van der Waals surface area (Å²) >= 11 is 0.00694. The van der Waals surface area contributed by atoms with Gasteiger partial charge in [-0.1, -0.05) is 31.7 Å². The van der Waals surface area contributed by atoms with E-state index in [1.54, 1.807) is 0 Å². The topological polar surface area (TPSA) is 61.0 Å². The number of nitrogens with zero attached hydrogens (tertiary/aromatic N) is 1. The fraction of sp³-hybridized carbons (Fsp3) is 0.783. The molecule has 2 bridgehead atoms. The zero-order chi connectivity index (χ0) is 22.1. The van der Waals surface area contributed by atoms with Gasteiger partial charge >= 0.3 is 33.3 Å². The number of pyridine rings is 1. The van der Waals surface area contributed by atoms with E-state index < -0.39 is 0 Å². The van der Waals surface area contributed by atoms with E-state index in [4.69, 9.17) is 25.2 Å². The third-order valence-corrected chi connectivity index (χ3v) is 7.08. The Labute approximate surface area is 203 Å². The Bertz CT molecular complexity index is 603. The number of halogens is 2. The van der Waals surface area contributed by atoms with Gasteiger partial charge in [-0.05, 0) is 51.7 Å². The van der Waals surface area contributed by atoms with Crippen molar-refractivity contribution in [3.63, 3.8) is 0 Å². The average molecular weight is 511 g/mol. The van der Waals surface area contributed by atoms with Gasteiger partial charge < -0.3 is 21.3 Å². The van der Waals surface area contributed by atoms with Crippen LogP contribution in [0.4, 0.5) is 0 Å². The number of hydrogen-bond acceptors (Lipinski definition) is 5.